The summed E-state index contributed by atoms with van der Waals surface area (Å²) in [4.78, 5) is 11.5. The number of carbonyl (C=O) groups is 1. The first-order valence-electron chi connectivity index (χ1n) is 6.54. The van der Waals surface area contributed by atoms with Crippen molar-refractivity contribution in [3.8, 4) is 5.75 Å². The van der Waals surface area contributed by atoms with Crippen LogP contribution in [0.5, 0.6) is 5.75 Å². The largest absolute Gasteiger partial charge is 0.494 e. The van der Waals surface area contributed by atoms with Crippen LogP contribution in [0.15, 0.2) is 24.3 Å². The number of benzene rings is 1. The maximum Gasteiger partial charge on any atom is 0.450 e. The predicted octanol–water partition coefficient (Wildman–Crippen LogP) is 3.96. The van der Waals surface area contributed by atoms with Gasteiger partial charge in [-0.15, -0.1) is 0 Å². The molecular weight excluding hydrogens is 269 g/mol. The van der Waals surface area contributed by atoms with Crippen molar-refractivity contribution in [3.05, 3.63) is 29.8 Å². The van der Waals surface area contributed by atoms with Crippen LogP contribution in [0, 0.1) is 11.3 Å². The number of ketones is 1. The van der Waals surface area contributed by atoms with Crippen LogP contribution in [-0.4, -0.2) is 18.6 Å². The van der Waals surface area contributed by atoms with Gasteiger partial charge in [-0.2, -0.15) is 13.2 Å². The molecule has 0 saturated heterocycles. The van der Waals surface area contributed by atoms with Crippen molar-refractivity contribution in [2.45, 2.75) is 32.9 Å². The zero-order valence-electron chi connectivity index (χ0n) is 11.6. The third-order valence-corrected chi connectivity index (χ3v) is 3.94. The van der Waals surface area contributed by atoms with Gasteiger partial charge in [0.25, 0.3) is 0 Å². The van der Waals surface area contributed by atoms with Crippen molar-refractivity contribution in [1.82, 2.24) is 0 Å². The lowest BCUT2D eigenvalue weighted by Crippen LogP contribution is -2.26. The fourth-order valence-electron chi connectivity index (χ4n) is 2.91. The van der Waals surface area contributed by atoms with Gasteiger partial charge in [-0.05, 0) is 24.0 Å². The van der Waals surface area contributed by atoms with E-state index in [1.165, 1.54) is 0 Å². The highest BCUT2D eigenvalue weighted by atomic mass is 19.4. The summed E-state index contributed by atoms with van der Waals surface area (Å²) in [7, 11) is 0. The summed E-state index contributed by atoms with van der Waals surface area (Å²) in [6.45, 7) is 5.62. The lowest BCUT2D eigenvalue weighted by atomic mass is 10.0. The Kier molecular flexibility index (Phi) is 3.56. The van der Waals surface area contributed by atoms with E-state index in [1.807, 2.05) is 6.92 Å². The maximum atomic E-state index is 12.6. The Morgan fingerprint density at radius 2 is 1.90 bits per heavy atom. The first kappa shape index (κ1) is 14.9. The van der Waals surface area contributed by atoms with E-state index in [0.717, 1.165) is 0 Å². The van der Waals surface area contributed by atoms with Crippen molar-refractivity contribution >= 4 is 5.78 Å². The molecule has 2 rings (SSSR count). The summed E-state index contributed by atoms with van der Waals surface area (Å²) in [6, 6.07) is 6.98. The fourth-order valence-corrected chi connectivity index (χ4v) is 2.91. The van der Waals surface area contributed by atoms with Crippen molar-refractivity contribution in [2.24, 2.45) is 11.3 Å². The summed E-state index contributed by atoms with van der Waals surface area (Å²) >= 11 is 0. The minimum Gasteiger partial charge on any atom is -0.494 e. The van der Waals surface area contributed by atoms with Crippen LogP contribution >= 0.6 is 0 Å². The molecule has 2 unspecified atom stereocenters. The van der Waals surface area contributed by atoms with Crippen molar-refractivity contribution in [1.29, 1.82) is 0 Å². The smallest absolute Gasteiger partial charge is 0.450 e. The molecule has 0 heterocycles. The van der Waals surface area contributed by atoms with Crippen LogP contribution in [0.2, 0.25) is 0 Å². The molecule has 1 aliphatic rings. The summed E-state index contributed by atoms with van der Waals surface area (Å²) in [5.41, 5.74) is -0.0123. The summed E-state index contributed by atoms with van der Waals surface area (Å²) in [6.07, 6.45) is -4.78. The summed E-state index contributed by atoms with van der Waals surface area (Å²) in [5, 5.41) is 0. The number of para-hydroxylation sites is 1. The van der Waals surface area contributed by atoms with Gasteiger partial charge in [0, 0.05) is 11.8 Å². The molecule has 0 N–H and O–H groups in total. The van der Waals surface area contributed by atoms with E-state index in [2.05, 4.69) is 0 Å². The quantitative estimate of drug-likeness (QED) is 0.837. The topological polar surface area (TPSA) is 26.3 Å². The number of hydrogen-bond donors (Lipinski definition) is 0. The summed E-state index contributed by atoms with van der Waals surface area (Å²) < 4.78 is 43.4. The molecule has 0 aliphatic heterocycles. The standard InChI is InChI=1S/C15H17F3O2/c1-4-20-10-8-6-5-7-9(10)11-12(14(11,2)3)13(19)15(16,17)18/h5-8,11-12H,4H2,1-3H3. The Morgan fingerprint density at radius 1 is 1.30 bits per heavy atom. The molecule has 5 heteroatoms. The Morgan fingerprint density at radius 3 is 2.45 bits per heavy atom. The molecule has 2 atom stereocenters. The Labute approximate surface area is 115 Å². The zero-order chi connectivity index (χ0) is 15.1. The van der Waals surface area contributed by atoms with Gasteiger partial charge in [0.15, 0.2) is 0 Å². The van der Waals surface area contributed by atoms with Gasteiger partial charge in [0.1, 0.15) is 5.75 Å². The highest BCUT2D eigenvalue weighted by Gasteiger charge is 2.67. The molecule has 0 aromatic heterocycles. The molecule has 0 spiro atoms. The van der Waals surface area contributed by atoms with E-state index in [-0.39, 0.29) is 0 Å². The SMILES string of the molecule is CCOc1ccccc1C1C(C(=O)C(F)(F)F)C1(C)C. The van der Waals surface area contributed by atoms with Gasteiger partial charge in [0.2, 0.25) is 5.78 Å². The van der Waals surface area contributed by atoms with Crippen LogP contribution in [0.25, 0.3) is 0 Å². The number of ether oxygens (including phenoxy) is 1. The molecule has 1 aromatic rings. The average Bonchev–Trinajstić information content (AvgIpc) is 2.91. The molecule has 2 nitrogen and oxygen atoms in total. The molecule has 110 valence electrons. The van der Waals surface area contributed by atoms with Crippen LogP contribution in [0.3, 0.4) is 0 Å². The number of carbonyl (C=O) groups excluding carboxylic acids is 1. The molecule has 0 amide bonds. The minimum absolute atomic E-state index is 0.433. The van der Waals surface area contributed by atoms with E-state index in [1.54, 1.807) is 38.1 Å². The third-order valence-electron chi connectivity index (χ3n) is 3.94. The second-order valence-electron chi connectivity index (χ2n) is 5.61. The van der Waals surface area contributed by atoms with E-state index in [4.69, 9.17) is 4.74 Å². The molecule has 1 saturated carbocycles. The number of Topliss-reactive ketones (excluding diaryl/α,β-unsaturated/α-hetero) is 1. The Hall–Kier alpha value is -1.52. The van der Waals surface area contributed by atoms with Crippen molar-refractivity contribution < 1.29 is 22.7 Å². The predicted molar refractivity (Wildman–Crippen MR) is 68.7 cm³/mol. The van der Waals surface area contributed by atoms with Crippen LogP contribution in [0.1, 0.15) is 32.3 Å². The number of alkyl halides is 3. The highest BCUT2D eigenvalue weighted by Crippen LogP contribution is 2.67. The van der Waals surface area contributed by atoms with Crippen LogP contribution in [0.4, 0.5) is 13.2 Å². The lowest BCUT2D eigenvalue weighted by molar-refractivity contribution is -0.173. The van der Waals surface area contributed by atoms with Gasteiger partial charge >= 0.3 is 6.18 Å². The van der Waals surface area contributed by atoms with E-state index < -0.39 is 29.2 Å². The van der Waals surface area contributed by atoms with Crippen LogP contribution < -0.4 is 4.74 Å². The van der Waals surface area contributed by atoms with Crippen molar-refractivity contribution in [3.63, 3.8) is 0 Å². The molecule has 1 aliphatic carbocycles. The second kappa shape index (κ2) is 4.79. The van der Waals surface area contributed by atoms with E-state index >= 15 is 0 Å². The van der Waals surface area contributed by atoms with Crippen molar-refractivity contribution in [2.75, 3.05) is 6.61 Å². The molecule has 20 heavy (non-hydrogen) atoms. The van der Waals surface area contributed by atoms with Gasteiger partial charge in [-0.25, -0.2) is 0 Å². The number of halogens is 3. The number of rotatable bonds is 4. The van der Waals surface area contributed by atoms with Gasteiger partial charge < -0.3 is 4.74 Å². The van der Waals surface area contributed by atoms with E-state index in [9.17, 15) is 18.0 Å². The monoisotopic (exact) mass is 286 g/mol. The molecular formula is C15H17F3O2. The maximum absolute atomic E-state index is 12.6. The lowest BCUT2D eigenvalue weighted by Gasteiger charge is -2.10. The van der Waals surface area contributed by atoms with Crippen LogP contribution in [-0.2, 0) is 4.79 Å². The first-order chi connectivity index (χ1) is 9.21. The Balaban J connectivity index is 2.33. The van der Waals surface area contributed by atoms with Gasteiger partial charge in [-0.1, -0.05) is 32.0 Å². The molecule has 0 bridgehead atoms. The fraction of sp³-hybridized carbons (Fsp3) is 0.533. The zero-order valence-corrected chi connectivity index (χ0v) is 11.6. The molecule has 1 aromatic carbocycles. The highest BCUT2D eigenvalue weighted by molar-refractivity contribution is 5.91. The second-order valence-corrected chi connectivity index (χ2v) is 5.61. The van der Waals surface area contributed by atoms with Gasteiger partial charge in [0.05, 0.1) is 6.61 Å². The summed E-state index contributed by atoms with van der Waals surface area (Å²) in [5.74, 6) is -2.55. The molecule has 0 radical (unpaired) electrons. The molecule has 1 fully saturated rings. The Bertz CT molecular complexity index is 520. The average molecular weight is 286 g/mol. The van der Waals surface area contributed by atoms with E-state index in [0.29, 0.717) is 17.9 Å². The third kappa shape index (κ3) is 2.41. The normalized spacial score (nSPS) is 24.3. The minimum atomic E-state index is -4.78. The van der Waals surface area contributed by atoms with Gasteiger partial charge in [-0.3, -0.25) is 4.79 Å². The number of hydrogen-bond acceptors (Lipinski definition) is 2. The first-order valence-corrected chi connectivity index (χ1v) is 6.54.